The zero-order valence-electron chi connectivity index (χ0n) is 11.9. The standard InChI is InChI=1S/C15H17BrClN3O/c1-10(15(21)19-6-2-3-7-19)20-13-5-4-11(16)8-12(13)18-14(20)9-17/h4-5,8,10H,2-3,6-7,9H2,1H3. The molecule has 1 aliphatic heterocycles. The number of carbonyl (C=O) groups is 1. The first-order valence-corrected chi connectivity index (χ1v) is 8.45. The number of fused-ring (bicyclic) bond motifs is 1. The Balaban J connectivity index is 2.03. The molecular weight excluding hydrogens is 354 g/mol. The molecule has 1 fully saturated rings. The van der Waals surface area contributed by atoms with Gasteiger partial charge >= 0.3 is 0 Å². The highest BCUT2D eigenvalue weighted by Crippen LogP contribution is 2.27. The number of hydrogen-bond acceptors (Lipinski definition) is 2. The number of rotatable bonds is 3. The van der Waals surface area contributed by atoms with E-state index in [1.807, 2.05) is 34.6 Å². The maximum absolute atomic E-state index is 12.6. The van der Waals surface area contributed by atoms with E-state index in [1.165, 1.54) is 0 Å². The molecule has 1 unspecified atom stereocenters. The number of benzene rings is 1. The SMILES string of the molecule is CC(C(=O)N1CCCC1)n1c(CCl)nc2cc(Br)ccc21. The Morgan fingerprint density at radius 1 is 1.43 bits per heavy atom. The largest absolute Gasteiger partial charge is 0.341 e. The maximum atomic E-state index is 12.6. The zero-order chi connectivity index (χ0) is 15.0. The van der Waals surface area contributed by atoms with Gasteiger partial charge in [0.2, 0.25) is 5.91 Å². The van der Waals surface area contributed by atoms with Crippen molar-refractivity contribution < 1.29 is 4.79 Å². The lowest BCUT2D eigenvalue weighted by atomic mass is 10.2. The molecule has 1 aromatic heterocycles. The van der Waals surface area contributed by atoms with Gasteiger partial charge in [-0.05, 0) is 38.0 Å². The van der Waals surface area contributed by atoms with Gasteiger partial charge in [-0.1, -0.05) is 15.9 Å². The van der Waals surface area contributed by atoms with Crippen LogP contribution in [-0.2, 0) is 10.7 Å². The minimum Gasteiger partial charge on any atom is -0.341 e. The normalized spacial score (nSPS) is 16.6. The van der Waals surface area contributed by atoms with Gasteiger partial charge in [-0.2, -0.15) is 0 Å². The van der Waals surface area contributed by atoms with Crippen molar-refractivity contribution in [1.82, 2.24) is 14.5 Å². The topological polar surface area (TPSA) is 38.1 Å². The zero-order valence-corrected chi connectivity index (χ0v) is 14.2. The van der Waals surface area contributed by atoms with Gasteiger partial charge in [0.15, 0.2) is 0 Å². The van der Waals surface area contributed by atoms with Crippen LogP contribution in [0.4, 0.5) is 0 Å². The summed E-state index contributed by atoms with van der Waals surface area (Å²) in [7, 11) is 0. The van der Waals surface area contributed by atoms with Gasteiger partial charge in [0.25, 0.3) is 0 Å². The summed E-state index contributed by atoms with van der Waals surface area (Å²) < 4.78 is 2.94. The van der Waals surface area contributed by atoms with Crippen molar-refractivity contribution in [1.29, 1.82) is 0 Å². The minimum atomic E-state index is -0.275. The molecule has 0 saturated carbocycles. The van der Waals surface area contributed by atoms with Crippen LogP contribution in [0.3, 0.4) is 0 Å². The van der Waals surface area contributed by atoms with E-state index in [9.17, 15) is 4.79 Å². The predicted octanol–water partition coefficient (Wildman–Crippen LogP) is 3.72. The molecule has 2 heterocycles. The van der Waals surface area contributed by atoms with Crippen LogP contribution in [0.2, 0.25) is 0 Å². The number of carbonyl (C=O) groups excluding carboxylic acids is 1. The fourth-order valence-electron chi connectivity index (χ4n) is 2.96. The van der Waals surface area contributed by atoms with Gasteiger partial charge in [0.1, 0.15) is 11.9 Å². The van der Waals surface area contributed by atoms with Crippen LogP contribution in [0.15, 0.2) is 22.7 Å². The molecule has 1 aliphatic rings. The van der Waals surface area contributed by atoms with Crippen LogP contribution in [0.5, 0.6) is 0 Å². The summed E-state index contributed by atoms with van der Waals surface area (Å²) in [6.45, 7) is 3.65. The van der Waals surface area contributed by atoms with Crippen molar-refractivity contribution in [3.8, 4) is 0 Å². The fraction of sp³-hybridized carbons (Fsp3) is 0.467. The van der Waals surface area contributed by atoms with Crippen molar-refractivity contribution in [2.45, 2.75) is 31.7 Å². The van der Waals surface area contributed by atoms with E-state index in [0.717, 1.165) is 47.3 Å². The van der Waals surface area contributed by atoms with Gasteiger partial charge < -0.3 is 9.47 Å². The number of alkyl halides is 1. The van der Waals surface area contributed by atoms with Gasteiger partial charge in [0, 0.05) is 17.6 Å². The van der Waals surface area contributed by atoms with Crippen molar-refractivity contribution in [2.75, 3.05) is 13.1 Å². The van der Waals surface area contributed by atoms with E-state index in [-0.39, 0.29) is 11.9 Å². The number of nitrogens with zero attached hydrogens (tertiary/aromatic N) is 3. The first kappa shape index (κ1) is 14.9. The molecular formula is C15H17BrClN3O. The Morgan fingerprint density at radius 3 is 2.81 bits per heavy atom. The second-order valence-electron chi connectivity index (χ2n) is 5.37. The first-order chi connectivity index (χ1) is 10.1. The van der Waals surface area contributed by atoms with Gasteiger partial charge in [0.05, 0.1) is 16.9 Å². The van der Waals surface area contributed by atoms with Crippen molar-refractivity contribution in [3.05, 3.63) is 28.5 Å². The van der Waals surface area contributed by atoms with Crippen LogP contribution in [0.25, 0.3) is 11.0 Å². The molecule has 0 aliphatic carbocycles. The molecule has 0 radical (unpaired) electrons. The third-order valence-electron chi connectivity index (χ3n) is 4.01. The maximum Gasteiger partial charge on any atom is 0.245 e. The predicted molar refractivity (Wildman–Crippen MR) is 87.5 cm³/mol. The lowest BCUT2D eigenvalue weighted by Gasteiger charge is -2.23. The molecule has 1 atom stereocenters. The molecule has 1 amide bonds. The smallest absolute Gasteiger partial charge is 0.245 e. The summed E-state index contributed by atoms with van der Waals surface area (Å²) in [6.07, 6.45) is 2.19. The summed E-state index contributed by atoms with van der Waals surface area (Å²) in [6, 6.07) is 5.62. The van der Waals surface area contributed by atoms with Crippen molar-refractivity contribution in [2.24, 2.45) is 0 Å². The number of halogens is 2. The van der Waals surface area contributed by atoms with E-state index in [1.54, 1.807) is 0 Å². The highest BCUT2D eigenvalue weighted by Gasteiger charge is 2.27. The molecule has 1 saturated heterocycles. The highest BCUT2D eigenvalue weighted by atomic mass is 79.9. The van der Waals surface area contributed by atoms with E-state index in [2.05, 4.69) is 20.9 Å². The second-order valence-corrected chi connectivity index (χ2v) is 6.56. The summed E-state index contributed by atoms with van der Waals surface area (Å²) in [5, 5.41) is 0. The van der Waals surface area contributed by atoms with Gasteiger partial charge in [-0.15, -0.1) is 11.6 Å². The van der Waals surface area contributed by atoms with Gasteiger partial charge in [-0.3, -0.25) is 4.79 Å². The average molecular weight is 371 g/mol. The van der Waals surface area contributed by atoms with Crippen molar-refractivity contribution >= 4 is 44.5 Å². The van der Waals surface area contributed by atoms with Crippen LogP contribution in [0, 0.1) is 0 Å². The molecule has 1 aromatic carbocycles. The second kappa shape index (κ2) is 5.97. The molecule has 21 heavy (non-hydrogen) atoms. The summed E-state index contributed by atoms with van der Waals surface area (Å²) in [5.41, 5.74) is 1.81. The summed E-state index contributed by atoms with van der Waals surface area (Å²) in [5.74, 6) is 1.19. The number of hydrogen-bond donors (Lipinski definition) is 0. The van der Waals surface area contributed by atoms with E-state index >= 15 is 0 Å². The monoisotopic (exact) mass is 369 g/mol. The summed E-state index contributed by atoms with van der Waals surface area (Å²) >= 11 is 9.48. The Bertz CT molecular complexity index is 679. The molecule has 0 bridgehead atoms. The molecule has 6 heteroatoms. The highest BCUT2D eigenvalue weighted by molar-refractivity contribution is 9.10. The lowest BCUT2D eigenvalue weighted by molar-refractivity contribution is -0.133. The third kappa shape index (κ3) is 2.69. The van der Waals surface area contributed by atoms with Gasteiger partial charge in [-0.25, -0.2) is 4.98 Å². The number of aromatic nitrogens is 2. The Kier molecular flexibility index (Phi) is 4.22. The Labute approximate surface area is 137 Å². The van der Waals surface area contributed by atoms with E-state index < -0.39 is 0 Å². The molecule has 3 rings (SSSR count). The van der Waals surface area contributed by atoms with Crippen molar-refractivity contribution in [3.63, 3.8) is 0 Å². The third-order valence-corrected chi connectivity index (χ3v) is 4.74. The Hall–Kier alpha value is -1.07. The lowest BCUT2D eigenvalue weighted by Crippen LogP contribution is -2.34. The van der Waals surface area contributed by atoms with Crippen LogP contribution in [-0.4, -0.2) is 33.4 Å². The molecule has 2 aromatic rings. The number of imidazole rings is 1. The fourth-order valence-corrected chi connectivity index (χ4v) is 3.50. The average Bonchev–Trinajstić information content (AvgIpc) is 3.12. The first-order valence-electron chi connectivity index (χ1n) is 7.13. The molecule has 4 nitrogen and oxygen atoms in total. The quantitative estimate of drug-likeness (QED) is 0.772. The van der Waals surface area contributed by atoms with Crippen LogP contribution in [0.1, 0.15) is 31.6 Å². The Morgan fingerprint density at radius 2 is 2.14 bits per heavy atom. The summed E-state index contributed by atoms with van der Waals surface area (Å²) in [4.78, 5) is 19.1. The number of likely N-dealkylation sites (tertiary alicyclic amines) is 1. The molecule has 0 N–H and O–H groups in total. The molecule has 112 valence electrons. The van der Waals surface area contributed by atoms with Crippen LogP contribution >= 0.6 is 27.5 Å². The minimum absolute atomic E-state index is 0.154. The number of amides is 1. The van der Waals surface area contributed by atoms with Crippen LogP contribution < -0.4 is 0 Å². The molecule has 0 spiro atoms. The van der Waals surface area contributed by atoms with E-state index in [4.69, 9.17) is 11.6 Å². The van der Waals surface area contributed by atoms with E-state index in [0.29, 0.717) is 5.88 Å².